The molecule has 4 aromatic rings. The molecule has 0 spiro atoms. The maximum atomic E-state index is 14.8. The van der Waals surface area contributed by atoms with E-state index in [1.807, 2.05) is 0 Å². The zero-order chi connectivity index (χ0) is 35.7. The van der Waals surface area contributed by atoms with E-state index in [4.69, 9.17) is 26.8 Å². The number of aromatic nitrogens is 3. The second kappa shape index (κ2) is 11.7. The monoisotopic (exact) mass is 713 g/mol. The van der Waals surface area contributed by atoms with Gasteiger partial charge in [-0.1, -0.05) is 11.6 Å². The first-order chi connectivity index (χ1) is 22.8. The van der Waals surface area contributed by atoms with E-state index < -0.39 is 70.7 Å². The SMILES string of the molecule is COc1cc(C(=O)NCC(O)(c2cc3c(c(-c4ccc(OC(F)(F)F)c(Cl)c4)n2)OC[C@]3(C)C(N)=O)C(F)(F)F)cc2cn(C3CC3)nc12. The average molecular weight is 714 g/mol. The first-order valence-corrected chi connectivity index (χ1v) is 14.9. The van der Waals surface area contributed by atoms with Crippen LogP contribution in [0.15, 0.2) is 42.6 Å². The highest BCUT2D eigenvalue weighted by molar-refractivity contribution is 6.32. The molecule has 0 bridgehead atoms. The van der Waals surface area contributed by atoms with Gasteiger partial charge in [0.05, 0.1) is 30.4 Å². The van der Waals surface area contributed by atoms with Gasteiger partial charge in [-0.2, -0.15) is 18.3 Å². The van der Waals surface area contributed by atoms with Gasteiger partial charge in [0.15, 0.2) is 0 Å². The second-order valence-electron chi connectivity index (χ2n) is 11.9. The van der Waals surface area contributed by atoms with Gasteiger partial charge in [0, 0.05) is 28.3 Å². The van der Waals surface area contributed by atoms with Gasteiger partial charge < -0.3 is 30.4 Å². The number of nitrogens with zero attached hydrogens (tertiary/aromatic N) is 3. The van der Waals surface area contributed by atoms with E-state index in [9.17, 15) is 41.0 Å². The summed E-state index contributed by atoms with van der Waals surface area (Å²) in [5.41, 5.74) is -1.45. The standard InChI is InChI=1S/C31H26ClF6N5O6/c1-28(27(39)45)13-48-25-18(28)10-22(41-24(25)14-3-6-20(19(32)8-14)49-31(36,37)38)29(46,30(33,34)35)12-40-26(44)15-7-16-11-43(17-4-5-17)42-23(16)21(9-15)47-2/h3,6-11,17,46H,4-5,12-13H2,1-2H3,(H2,39,45)(H,40,44)/t28-,29?/m0/s1. The Morgan fingerprint density at radius 2 is 1.86 bits per heavy atom. The van der Waals surface area contributed by atoms with E-state index >= 15 is 0 Å². The number of nitrogens with two attached hydrogens (primary N) is 1. The van der Waals surface area contributed by atoms with Gasteiger partial charge in [0.1, 0.15) is 40.5 Å². The fraction of sp³-hybridized carbons (Fsp3) is 0.355. The lowest BCUT2D eigenvalue weighted by Gasteiger charge is -2.31. The van der Waals surface area contributed by atoms with E-state index in [1.165, 1.54) is 26.2 Å². The maximum Gasteiger partial charge on any atom is 0.573 e. The lowest BCUT2D eigenvalue weighted by Crippen LogP contribution is -2.51. The topological polar surface area (TPSA) is 151 Å². The average Bonchev–Trinajstić information content (AvgIpc) is 3.69. The number of benzene rings is 2. The van der Waals surface area contributed by atoms with Crippen molar-refractivity contribution >= 4 is 34.3 Å². The number of carbonyl (C=O) groups excluding carboxylic acids is 2. The molecule has 2 aromatic carbocycles. The number of aliphatic hydroxyl groups is 1. The minimum absolute atomic E-state index is 0.0858. The predicted octanol–water partition coefficient (Wildman–Crippen LogP) is 5.31. The van der Waals surface area contributed by atoms with Crippen LogP contribution in [-0.2, 0) is 15.8 Å². The summed E-state index contributed by atoms with van der Waals surface area (Å²) < 4.78 is 99.5. The number of methoxy groups -OCH3 is 1. The Hall–Kier alpha value is -4.77. The van der Waals surface area contributed by atoms with Crippen LogP contribution in [0.5, 0.6) is 17.2 Å². The van der Waals surface area contributed by atoms with E-state index in [2.05, 4.69) is 20.1 Å². The number of pyridine rings is 1. The number of hydrogen-bond acceptors (Lipinski definition) is 8. The largest absolute Gasteiger partial charge is 0.573 e. The zero-order valence-corrected chi connectivity index (χ0v) is 26.3. The number of fused-ring (bicyclic) bond motifs is 2. The number of ether oxygens (including phenoxy) is 3. The predicted molar refractivity (Wildman–Crippen MR) is 160 cm³/mol. The molecule has 1 aliphatic carbocycles. The Morgan fingerprint density at radius 1 is 1.14 bits per heavy atom. The Morgan fingerprint density at radius 3 is 2.45 bits per heavy atom. The Bertz CT molecular complexity index is 2000. The van der Waals surface area contributed by atoms with Crippen LogP contribution < -0.4 is 25.3 Å². The summed E-state index contributed by atoms with van der Waals surface area (Å²) in [5.74, 6) is -2.81. The number of rotatable bonds is 9. The number of halogens is 7. The van der Waals surface area contributed by atoms with Crippen molar-refractivity contribution in [3.63, 3.8) is 0 Å². The summed E-state index contributed by atoms with van der Waals surface area (Å²) in [6, 6.07) is 6.47. The van der Waals surface area contributed by atoms with Crippen molar-refractivity contribution in [2.75, 3.05) is 20.3 Å². The summed E-state index contributed by atoms with van der Waals surface area (Å²) in [4.78, 5) is 29.8. The molecule has 18 heteroatoms. The molecule has 11 nitrogen and oxygen atoms in total. The fourth-order valence-electron chi connectivity index (χ4n) is 5.43. The third-order valence-corrected chi connectivity index (χ3v) is 8.73. The normalized spacial score (nSPS) is 18.8. The quantitative estimate of drug-likeness (QED) is 0.198. The minimum Gasteiger partial charge on any atom is -0.494 e. The Balaban J connectivity index is 1.40. The third kappa shape index (κ3) is 6.16. The van der Waals surface area contributed by atoms with Crippen molar-refractivity contribution < 1.29 is 55.2 Å². The fourth-order valence-corrected chi connectivity index (χ4v) is 5.65. The molecule has 1 aliphatic heterocycles. The number of amides is 2. The summed E-state index contributed by atoms with van der Waals surface area (Å²) in [7, 11) is 1.35. The molecule has 49 heavy (non-hydrogen) atoms. The molecule has 2 aromatic heterocycles. The molecule has 2 atom stereocenters. The highest BCUT2D eigenvalue weighted by atomic mass is 35.5. The van der Waals surface area contributed by atoms with Crippen LogP contribution in [0.4, 0.5) is 26.3 Å². The van der Waals surface area contributed by atoms with Crippen molar-refractivity contribution in [1.29, 1.82) is 0 Å². The summed E-state index contributed by atoms with van der Waals surface area (Å²) in [6.07, 6.45) is -7.03. The van der Waals surface area contributed by atoms with Crippen molar-refractivity contribution in [2.24, 2.45) is 5.73 Å². The van der Waals surface area contributed by atoms with Crippen molar-refractivity contribution in [1.82, 2.24) is 20.1 Å². The maximum absolute atomic E-state index is 14.8. The molecule has 1 saturated carbocycles. The number of alkyl halides is 6. The van der Waals surface area contributed by atoms with Crippen LogP contribution in [0.1, 0.15) is 47.4 Å². The molecule has 1 unspecified atom stereocenters. The molecule has 2 aliphatic rings. The lowest BCUT2D eigenvalue weighted by atomic mass is 9.81. The first-order valence-electron chi connectivity index (χ1n) is 14.5. The summed E-state index contributed by atoms with van der Waals surface area (Å²) >= 11 is 6.01. The highest BCUT2D eigenvalue weighted by Gasteiger charge is 2.58. The zero-order valence-electron chi connectivity index (χ0n) is 25.5. The Labute approximate surface area is 277 Å². The molecule has 4 N–H and O–H groups in total. The van der Waals surface area contributed by atoms with Gasteiger partial charge >= 0.3 is 12.5 Å². The van der Waals surface area contributed by atoms with E-state index in [0.29, 0.717) is 10.9 Å². The van der Waals surface area contributed by atoms with Crippen molar-refractivity contribution in [3.05, 3.63) is 64.4 Å². The molecule has 2 amide bonds. The van der Waals surface area contributed by atoms with Crippen LogP contribution in [0.25, 0.3) is 22.2 Å². The van der Waals surface area contributed by atoms with E-state index in [1.54, 1.807) is 10.9 Å². The van der Waals surface area contributed by atoms with E-state index in [0.717, 1.165) is 37.1 Å². The van der Waals surface area contributed by atoms with Gasteiger partial charge in [0.2, 0.25) is 11.5 Å². The van der Waals surface area contributed by atoms with Crippen molar-refractivity contribution in [2.45, 2.75) is 49.4 Å². The third-order valence-electron chi connectivity index (χ3n) is 8.44. The number of hydrogen-bond donors (Lipinski definition) is 3. The molecular formula is C31H26ClF6N5O6. The van der Waals surface area contributed by atoms with Crippen LogP contribution in [0.3, 0.4) is 0 Å². The minimum atomic E-state index is -5.48. The van der Waals surface area contributed by atoms with Gasteiger partial charge in [-0.15, -0.1) is 13.2 Å². The molecule has 0 saturated heterocycles. The van der Waals surface area contributed by atoms with Crippen LogP contribution >= 0.6 is 11.6 Å². The lowest BCUT2D eigenvalue weighted by molar-refractivity contribution is -0.274. The summed E-state index contributed by atoms with van der Waals surface area (Å²) in [6.45, 7) is -0.581. The molecule has 6 rings (SSSR count). The van der Waals surface area contributed by atoms with Crippen LogP contribution in [0.2, 0.25) is 5.02 Å². The second-order valence-corrected chi connectivity index (χ2v) is 12.3. The van der Waals surface area contributed by atoms with Gasteiger partial charge in [0.25, 0.3) is 5.91 Å². The van der Waals surface area contributed by atoms with Crippen molar-refractivity contribution in [3.8, 4) is 28.5 Å². The number of primary amides is 1. The summed E-state index contributed by atoms with van der Waals surface area (Å²) in [5, 5.41) is 17.8. The van der Waals surface area contributed by atoms with Gasteiger partial charge in [-0.05, 0) is 56.2 Å². The molecular weight excluding hydrogens is 688 g/mol. The molecule has 1 fully saturated rings. The Kier molecular flexibility index (Phi) is 8.13. The van der Waals surface area contributed by atoms with E-state index in [-0.39, 0.29) is 34.2 Å². The number of nitrogens with one attached hydrogen (secondary N) is 1. The smallest absolute Gasteiger partial charge is 0.494 e. The van der Waals surface area contributed by atoms with Crippen LogP contribution in [0, 0.1) is 0 Å². The van der Waals surface area contributed by atoms with Gasteiger partial charge in [-0.3, -0.25) is 14.3 Å². The number of carbonyl (C=O) groups is 2. The molecule has 260 valence electrons. The molecule has 3 heterocycles. The highest BCUT2D eigenvalue weighted by Crippen LogP contribution is 2.48. The van der Waals surface area contributed by atoms with Crippen LogP contribution in [-0.4, -0.2) is 64.5 Å². The van der Waals surface area contributed by atoms with Gasteiger partial charge in [-0.25, -0.2) is 4.98 Å². The first kappa shape index (κ1) is 34.1. The molecule has 0 radical (unpaired) electrons.